The van der Waals surface area contributed by atoms with Crippen LogP contribution in [-0.4, -0.2) is 22.2 Å². The van der Waals surface area contributed by atoms with E-state index in [9.17, 15) is 4.79 Å². The molecule has 1 N–H and O–H groups in total. The Morgan fingerprint density at radius 1 is 1.24 bits per heavy atom. The van der Waals surface area contributed by atoms with Gasteiger partial charge in [-0.3, -0.25) is 4.79 Å². The second-order valence-corrected chi connectivity index (χ2v) is 7.37. The maximum absolute atomic E-state index is 12.5. The molecule has 130 valence electrons. The molecule has 6 heteroatoms. The van der Waals surface area contributed by atoms with Crippen LogP contribution in [-0.2, 0) is 13.0 Å². The summed E-state index contributed by atoms with van der Waals surface area (Å²) >= 11 is 8.12. The number of hydrogen-bond acceptors (Lipinski definition) is 3. The summed E-state index contributed by atoms with van der Waals surface area (Å²) in [6, 6.07) is 12.3. The summed E-state index contributed by atoms with van der Waals surface area (Å²) < 4.78 is 1.68. The van der Waals surface area contributed by atoms with E-state index in [0.717, 1.165) is 12.0 Å². The van der Waals surface area contributed by atoms with Gasteiger partial charge in [0.2, 0.25) is 0 Å². The van der Waals surface area contributed by atoms with Gasteiger partial charge >= 0.3 is 0 Å². The number of aromatic nitrogens is 2. The van der Waals surface area contributed by atoms with Crippen molar-refractivity contribution in [1.82, 2.24) is 15.1 Å². The molecule has 2 aromatic heterocycles. The zero-order valence-corrected chi connectivity index (χ0v) is 15.8. The van der Waals surface area contributed by atoms with Crippen molar-refractivity contribution in [3.8, 4) is 0 Å². The van der Waals surface area contributed by atoms with Crippen molar-refractivity contribution in [3.63, 3.8) is 0 Å². The molecule has 0 saturated heterocycles. The van der Waals surface area contributed by atoms with E-state index in [-0.39, 0.29) is 5.91 Å². The third-order valence-electron chi connectivity index (χ3n) is 3.98. The lowest BCUT2D eigenvalue weighted by Crippen LogP contribution is -2.26. The Bertz CT molecular complexity index is 854. The minimum atomic E-state index is -0.172. The molecule has 1 amide bonds. The Balaban J connectivity index is 1.68. The number of nitrogens with one attached hydrogen (secondary N) is 1. The molecule has 0 radical (unpaired) electrons. The summed E-state index contributed by atoms with van der Waals surface area (Å²) in [5.74, 6) is -0.172. The largest absolute Gasteiger partial charge is 0.352 e. The summed E-state index contributed by atoms with van der Waals surface area (Å²) in [7, 11) is 0. The topological polar surface area (TPSA) is 46.9 Å². The molecule has 0 fully saturated rings. The number of amides is 1. The lowest BCUT2D eigenvalue weighted by molar-refractivity contribution is 0.0953. The lowest BCUT2D eigenvalue weighted by atomic mass is 10.1. The number of nitrogens with zero attached hydrogens (tertiary/aromatic N) is 2. The predicted octanol–water partition coefficient (Wildman–Crippen LogP) is 4.24. The van der Waals surface area contributed by atoms with E-state index in [2.05, 4.69) is 28.6 Å². The molecule has 25 heavy (non-hydrogen) atoms. The highest BCUT2D eigenvalue weighted by Crippen LogP contribution is 2.21. The fraction of sp³-hybridized carbons (Fsp3) is 0.263. The van der Waals surface area contributed by atoms with Gasteiger partial charge in [0.15, 0.2) is 0 Å². The highest BCUT2D eigenvalue weighted by Gasteiger charge is 2.20. The second kappa shape index (κ2) is 7.85. The molecule has 0 aliphatic rings. The molecule has 4 nitrogen and oxygen atoms in total. The molecule has 0 bridgehead atoms. The van der Waals surface area contributed by atoms with Gasteiger partial charge in [-0.25, -0.2) is 4.68 Å². The lowest BCUT2D eigenvalue weighted by Gasteiger charge is -2.06. The molecule has 0 aliphatic carbocycles. The first-order valence-electron chi connectivity index (χ1n) is 8.13. The average Bonchev–Trinajstić information content (AvgIpc) is 3.18. The third-order valence-corrected chi connectivity index (χ3v) is 5.30. The fourth-order valence-corrected chi connectivity index (χ4v) is 3.65. The maximum atomic E-state index is 12.5. The Morgan fingerprint density at radius 3 is 2.68 bits per heavy atom. The number of aryl methyl sites for hydroxylation is 2. The van der Waals surface area contributed by atoms with Crippen molar-refractivity contribution in [2.45, 2.75) is 26.8 Å². The Kier molecular flexibility index (Phi) is 5.56. The molecule has 3 aromatic rings. The van der Waals surface area contributed by atoms with Crippen LogP contribution in [0, 0.1) is 13.8 Å². The summed E-state index contributed by atoms with van der Waals surface area (Å²) in [5, 5.41) is 9.78. The first-order valence-corrected chi connectivity index (χ1v) is 9.39. The van der Waals surface area contributed by atoms with E-state index in [4.69, 9.17) is 11.6 Å². The van der Waals surface area contributed by atoms with Crippen LogP contribution in [0.3, 0.4) is 0 Å². The number of hydrogen-bond donors (Lipinski definition) is 1. The highest BCUT2D eigenvalue weighted by atomic mass is 35.5. The Morgan fingerprint density at radius 2 is 2.00 bits per heavy atom. The number of carbonyl (C=O) groups excluding carboxylic acids is 1. The molecule has 2 heterocycles. The molecule has 3 rings (SSSR count). The molecule has 0 saturated carbocycles. The number of thiophene rings is 1. The normalized spacial score (nSPS) is 10.8. The van der Waals surface area contributed by atoms with Crippen LogP contribution in [0.15, 0.2) is 41.8 Å². The van der Waals surface area contributed by atoms with Crippen molar-refractivity contribution >= 4 is 28.8 Å². The van der Waals surface area contributed by atoms with Gasteiger partial charge in [-0.2, -0.15) is 5.10 Å². The van der Waals surface area contributed by atoms with Gasteiger partial charge < -0.3 is 5.32 Å². The van der Waals surface area contributed by atoms with Crippen molar-refractivity contribution in [1.29, 1.82) is 0 Å². The van der Waals surface area contributed by atoms with Gasteiger partial charge in [-0.15, -0.1) is 11.3 Å². The van der Waals surface area contributed by atoms with Crippen LogP contribution in [0.25, 0.3) is 0 Å². The third kappa shape index (κ3) is 4.30. The molecule has 0 atom stereocenters. The quantitative estimate of drug-likeness (QED) is 0.702. The van der Waals surface area contributed by atoms with Crippen LogP contribution in [0.4, 0.5) is 0 Å². The van der Waals surface area contributed by atoms with Crippen LogP contribution in [0.5, 0.6) is 0 Å². The van der Waals surface area contributed by atoms with E-state index in [1.807, 2.05) is 37.4 Å². The number of benzene rings is 1. The van der Waals surface area contributed by atoms with Gasteiger partial charge in [0.05, 0.1) is 17.8 Å². The Labute approximate surface area is 156 Å². The monoisotopic (exact) mass is 373 g/mol. The van der Waals surface area contributed by atoms with Gasteiger partial charge in [0.25, 0.3) is 5.91 Å². The number of rotatable bonds is 6. The van der Waals surface area contributed by atoms with Crippen LogP contribution < -0.4 is 5.32 Å². The van der Waals surface area contributed by atoms with E-state index in [1.54, 1.807) is 16.0 Å². The van der Waals surface area contributed by atoms with Gasteiger partial charge in [-0.05, 0) is 37.3 Å². The zero-order chi connectivity index (χ0) is 17.8. The molecular formula is C19H20ClN3OS. The molecule has 1 aromatic carbocycles. The van der Waals surface area contributed by atoms with Crippen LogP contribution >= 0.6 is 22.9 Å². The average molecular weight is 374 g/mol. The first kappa shape index (κ1) is 17.7. The van der Waals surface area contributed by atoms with Gasteiger partial charge in [0.1, 0.15) is 5.15 Å². The van der Waals surface area contributed by atoms with E-state index in [0.29, 0.717) is 29.5 Å². The van der Waals surface area contributed by atoms with Gasteiger partial charge in [-0.1, -0.05) is 47.5 Å². The smallest absolute Gasteiger partial charge is 0.256 e. The second-order valence-electron chi connectivity index (χ2n) is 5.98. The molecule has 0 aliphatic heterocycles. The van der Waals surface area contributed by atoms with Crippen molar-refractivity contribution in [2.24, 2.45) is 0 Å². The summed E-state index contributed by atoms with van der Waals surface area (Å²) in [6.45, 7) is 4.99. The van der Waals surface area contributed by atoms with E-state index >= 15 is 0 Å². The van der Waals surface area contributed by atoms with Crippen molar-refractivity contribution in [3.05, 3.63) is 74.2 Å². The zero-order valence-electron chi connectivity index (χ0n) is 14.3. The first-order chi connectivity index (χ1) is 12.0. The van der Waals surface area contributed by atoms with E-state index in [1.165, 1.54) is 10.4 Å². The molecular weight excluding hydrogens is 354 g/mol. The van der Waals surface area contributed by atoms with Crippen LogP contribution in [0.2, 0.25) is 5.15 Å². The predicted molar refractivity (Wildman–Crippen MR) is 103 cm³/mol. The van der Waals surface area contributed by atoms with Crippen molar-refractivity contribution < 1.29 is 4.79 Å². The summed E-state index contributed by atoms with van der Waals surface area (Å²) in [5.41, 5.74) is 3.41. The minimum absolute atomic E-state index is 0.172. The van der Waals surface area contributed by atoms with E-state index < -0.39 is 0 Å². The van der Waals surface area contributed by atoms with Gasteiger partial charge in [0, 0.05) is 11.4 Å². The number of halogens is 1. The summed E-state index contributed by atoms with van der Waals surface area (Å²) in [6.07, 6.45) is 0.817. The highest BCUT2D eigenvalue weighted by molar-refractivity contribution is 7.09. The summed E-state index contributed by atoms with van der Waals surface area (Å²) in [4.78, 5) is 13.7. The maximum Gasteiger partial charge on any atom is 0.256 e. The fourth-order valence-electron chi connectivity index (χ4n) is 2.62. The molecule has 0 unspecified atom stereocenters. The number of carbonyl (C=O) groups is 1. The minimum Gasteiger partial charge on any atom is -0.352 e. The standard InChI is InChI=1S/C19H20ClN3OS/c1-13-5-7-15(8-6-13)12-23-18(20)17(14(2)22-23)19(24)21-10-9-16-4-3-11-25-16/h3-8,11H,9-10,12H2,1-2H3,(H,21,24). The Hall–Kier alpha value is -2.11. The SMILES string of the molecule is Cc1ccc(Cn2nc(C)c(C(=O)NCCc3cccs3)c2Cl)cc1. The molecule has 0 spiro atoms. The van der Waals surface area contributed by atoms with Crippen molar-refractivity contribution in [2.75, 3.05) is 6.54 Å². The van der Waals surface area contributed by atoms with Crippen LogP contribution in [0.1, 0.15) is 32.1 Å².